The molecule has 2 rings (SSSR count). The molecule has 1 aromatic rings. The summed E-state index contributed by atoms with van der Waals surface area (Å²) in [6.45, 7) is 3.94. The van der Waals surface area contributed by atoms with Crippen molar-refractivity contribution in [3.05, 3.63) is 17.0 Å². The molecule has 6 nitrogen and oxygen atoms in total. The number of carboxylic acids is 1. The molecule has 0 atom stereocenters. The van der Waals surface area contributed by atoms with Crippen LogP contribution in [0.4, 0.5) is 5.82 Å². The molecule has 1 aromatic heterocycles. The molecule has 7 heteroatoms. The Hall–Kier alpha value is -1.40. The lowest BCUT2D eigenvalue weighted by Crippen LogP contribution is -2.45. The fraction of sp³-hybridized carbons (Fsp3) is 0.500. The van der Waals surface area contributed by atoms with Gasteiger partial charge in [-0.25, -0.2) is 9.78 Å². The summed E-state index contributed by atoms with van der Waals surface area (Å²) >= 11 is 5.64. The first kappa shape index (κ1) is 12.1. The van der Waals surface area contributed by atoms with Gasteiger partial charge in [0.15, 0.2) is 0 Å². The predicted molar refractivity (Wildman–Crippen MR) is 61.4 cm³/mol. The molecule has 0 spiro atoms. The lowest BCUT2D eigenvalue weighted by Gasteiger charge is -2.38. The number of hydrogen-bond acceptors (Lipinski definition) is 5. The number of carbonyl (C=O) groups is 1. The van der Waals surface area contributed by atoms with Gasteiger partial charge in [0.05, 0.1) is 13.2 Å². The molecule has 1 aliphatic rings. The molecule has 1 fully saturated rings. The van der Waals surface area contributed by atoms with Crippen LogP contribution in [0.1, 0.15) is 17.3 Å². The number of rotatable bonds is 4. The van der Waals surface area contributed by atoms with Crippen LogP contribution in [0.15, 0.2) is 6.20 Å². The van der Waals surface area contributed by atoms with Crippen molar-refractivity contribution in [2.24, 2.45) is 5.41 Å². The zero-order valence-corrected chi connectivity index (χ0v) is 9.99. The average molecular weight is 258 g/mol. The Balaban J connectivity index is 2.13. The van der Waals surface area contributed by atoms with Gasteiger partial charge < -0.3 is 15.2 Å². The van der Waals surface area contributed by atoms with E-state index < -0.39 is 5.97 Å². The van der Waals surface area contributed by atoms with Gasteiger partial charge in [0.2, 0.25) is 5.28 Å². The van der Waals surface area contributed by atoms with Crippen molar-refractivity contribution in [2.75, 3.05) is 25.1 Å². The molecule has 92 valence electrons. The molecule has 2 heterocycles. The Morgan fingerprint density at radius 3 is 2.94 bits per heavy atom. The van der Waals surface area contributed by atoms with Gasteiger partial charge in [0.25, 0.3) is 0 Å². The van der Waals surface area contributed by atoms with Crippen LogP contribution in [0.2, 0.25) is 5.28 Å². The third-order valence-electron chi connectivity index (χ3n) is 2.57. The third-order valence-corrected chi connectivity index (χ3v) is 2.76. The second kappa shape index (κ2) is 4.46. The van der Waals surface area contributed by atoms with Gasteiger partial charge >= 0.3 is 5.97 Å². The highest BCUT2D eigenvalue weighted by atomic mass is 35.5. The minimum atomic E-state index is -1.08. The molecule has 0 unspecified atom stereocenters. The summed E-state index contributed by atoms with van der Waals surface area (Å²) in [4.78, 5) is 18.5. The van der Waals surface area contributed by atoms with E-state index in [2.05, 4.69) is 15.3 Å². The molecule has 1 saturated heterocycles. The fourth-order valence-corrected chi connectivity index (χ4v) is 1.63. The third kappa shape index (κ3) is 2.65. The Morgan fingerprint density at radius 1 is 1.71 bits per heavy atom. The molecule has 0 aliphatic carbocycles. The molecule has 0 amide bonds. The van der Waals surface area contributed by atoms with Crippen molar-refractivity contribution in [2.45, 2.75) is 6.92 Å². The van der Waals surface area contributed by atoms with Gasteiger partial charge in [-0.3, -0.25) is 0 Å². The number of carboxylic acid groups (broad SMARTS) is 1. The van der Waals surface area contributed by atoms with Crippen LogP contribution in [-0.4, -0.2) is 40.8 Å². The molecular formula is C10H12ClN3O3. The van der Waals surface area contributed by atoms with Crippen LogP contribution in [0.5, 0.6) is 0 Å². The lowest BCUT2D eigenvalue weighted by atomic mass is 9.89. The van der Waals surface area contributed by atoms with Gasteiger partial charge in [-0.2, -0.15) is 4.98 Å². The number of aromatic nitrogens is 2. The van der Waals surface area contributed by atoms with Crippen LogP contribution in [0.25, 0.3) is 0 Å². The van der Waals surface area contributed by atoms with E-state index in [1.54, 1.807) is 0 Å². The van der Waals surface area contributed by atoms with E-state index in [1.807, 2.05) is 6.92 Å². The fourth-order valence-electron chi connectivity index (χ4n) is 1.50. The van der Waals surface area contributed by atoms with Gasteiger partial charge in [0, 0.05) is 18.2 Å². The first-order valence-electron chi connectivity index (χ1n) is 5.08. The van der Waals surface area contributed by atoms with Gasteiger partial charge in [-0.15, -0.1) is 0 Å². The summed E-state index contributed by atoms with van der Waals surface area (Å²) in [6, 6.07) is 0. The van der Waals surface area contributed by atoms with Gasteiger partial charge in [0.1, 0.15) is 11.4 Å². The maximum atomic E-state index is 11.0. The van der Waals surface area contributed by atoms with E-state index in [0.717, 1.165) is 0 Å². The van der Waals surface area contributed by atoms with E-state index in [-0.39, 0.29) is 22.1 Å². The van der Waals surface area contributed by atoms with E-state index in [4.69, 9.17) is 21.4 Å². The summed E-state index contributed by atoms with van der Waals surface area (Å²) in [5.74, 6) is -0.843. The highest BCUT2D eigenvalue weighted by Crippen LogP contribution is 2.27. The number of hydrogen-bond donors (Lipinski definition) is 2. The van der Waals surface area contributed by atoms with E-state index in [9.17, 15) is 4.79 Å². The van der Waals surface area contributed by atoms with Crippen LogP contribution in [0.3, 0.4) is 0 Å². The number of anilines is 1. The van der Waals surface area contributed by atoms with Gasteiger partial charge in [-0.1, -0.05) is 6.92 Å². The quantitative estimate of drug-likeness (QED) is 0.791. The number of nitrogens with one attached hydrogen (secondary N) is 1. The minimum absolute atomic E-state index is 0.0123. The zero-order valence-electron chi connectivity index (χ0n) is 9.23. The summed E-state index contributed by atoms with van der Waals surface area (Å²) in [5, 5.41) is 12.0. The minimum Gasteiger partial charge on any atom is -0.477 e. The van der Waals surface area contributed by atoms with Crippen molar-refractivity contribution >= 4 is 23.4 Å². The molecule has 0 aromatic carbocycles. The highest BCUT2D eigenvalue weighted by Gasteiger charge is 2.33. The second-order valence-electron chi connectivity index (χ2n) is 4.36. The molecular weight excluding hydrogens is 246 g/mol. The van der Waals surface area contributed by atoms with E-state index >= 15 is 0 Å². The number of nitrogens with zero attached hydrogens (tertiary/aromatic N) is 2. The van der Waals surface area contributed by atoms with Crippen molar-refractivity contribution < 1.29 is 14.6 Å². The van der Waals surface area contributed by atoms with Crippen LogP contribution in [0, 0.1) is 5.41 Å². The Bertz CT molecular complexity index is 448. The zero-order chi connectivity index (χ0) is 12.5. The molecule has 0 radical (unpaired) electrons. The Kier molecular flexibility index (Phi) is 3.17. The maximum absolute atomic E-state index is 11.0. The summed E-state index contributed by atoms with van der Waals surface area (Å²) < 4.78 is 5.11. The molecule has 17 heavy (non-hydrogen) atoms. The first-order valence-corrected chi connectivity index (χ1v) is 5.45. The van der Waals surface area contributed by atoms with Crippen molar-refractivity contribution in [1.82, 2.24) is 9.97 Å². The summed E-state index contributed by atoms with van der Waals surface area (Å²) in [7, 11) is 0. The topological polar surface area (TPSA) is 84.3 Å². The SMILES string of the molecule is CC1(CNc2nc(Cl)ncc2C(=O)O)COC1. The summed E-state index contributed by atoms with van der Waals surface area (Å²) in [5.41, 5.74) is 0.0333. The second-order valence-corrected chi connectivity index (χ2v) is 4.70. The Labute approximate surface area is 103 Å². The number of aromatic carboxylic acids is 1. The number of ether oxygens (including phenoxy) is 1. The van der Waals surface area contributed by atoms with Crippen molar-refractivity contribution in [3.63, 3.8) is 0 Å². The normalized spacial score (nSPS) is 17.3. The highest BCUT2D eigenvalue weighted by molar-refractivity contribution is 6.28. The van der Waals surface area contributed by atoms with E-state index in [0.29, 0.717) is 19.8 Å². The average Bonchev–Trinajstić information content (AvgIpc) is 2.23. The largest absolute Gasteiger partial charge is 0.477 e. The maximum Gasteiger partial charge on any atom is 0.341 e. The lowest BCUT2D eigenvalue weighted by molar-refractivity contribution is -0.0924. The van der Waals surface area contributed by atoms with Crippen LogP contribution in [-0.2, 0) is 4.74 Å². The van der Waals surface area contributed by atoms with Crippen molar-refractivity contribution in [3.8, 4) is 0 Å². The van der Waals surface area contributed by atoms with E-state index in [1.165, 1.54) is 6.20 Å². The molecule has 0 saturated carbocycles. The van der Waals surface area contributed by atoms with Gasteiger partial charge in [-0.05, 0) is 11.6 Å². The van der Waals surface area contributed by atoms with Crippen LogP contribution >= 0.6 is 11.6 Å². The monoisotopic (exact) mass is 257 g/mol. The molecule has 0 bridgehead atoms. The molecule has 1 aliphatic heterocycles. The summed E-state index contributed by atoms with van der Waals surface area (Å²) in [6.07, 6.45) is 1.19. The van der Waals surface area contributed by atoms with Crippen LogP contribution < -0.4 is 5.32 Å². The molecule has 2 N–H and O–H groups in total. The first-order chi connectivity index (χ1) is 8.00. The predicted octanol–water partition coefficient (Wildman–Crippen LogP) is 1.28. The standard InChI is InChI=1S/C10H12ClN3O3/c1-10(4-17-5-10)3-13-7-6(8(15)16)2-12-9(11)14-7/h2H,3-5H2,1H3,(H,15,16)(H,12,13,14). The Morgan fingerprint density at radius 2 is 2.41 bits per heavy atom. The van der Waals surface area contributed by atoms with Crippen molar-refractivity contribution in [1.29, 1.82) is 0 Å². The number of halogens is 1. The smallest absolute Gasteiger partial charge is 0.341 e.